The Labute approximate surface area is 138 Å². The van der Waals surface area contributed by atoms with Gasteiger partial charge in [-0.2, -0.15) is 13.2 Å². The molecule has 0 heterocycles. The number of nitrogens with two attached hydrogens (primary N) is 1. The fourth-order valence-electron chi connectivity index (χ4n) is 2.44. The van der Waals surface area contributed by atoms with Gasteiger partial charge in [-0.15, -0.1) is 0 Å². The van der Waals surface area contributed by atoms with Crippen molar-refractivity contribution < 1.29 is 18.0 Å². The van der Waals surface area contributed by atoms with Crippen molar-refractivity contribution in [2.45, 2.75) is 25.1 Å². The minimum Gasteiger partial charge on any atom is -0.356 e. The molecule has 0 bridgehead atoms. The summed E-state index contributed by atoms with van der Waals surface area (Å²) in [6, 6.07) is 14.1. The second-order valence-corrected chi connectivity index (χ2v) is 5.48. The maximum atomic E-state index is 12.9. The van der Waals surface area contributed by atoms with Gasteiger partial charge >= 0.3 is 6.18 Å². The maximum absolute atomic E-state index is 12.9. The number of alkyl halides is 3. The molecule has 1 amide bonds. The van der Waals surface area contributed by atoms with Gasteiger partial charge in [0.05, 0.1) is 5.56 Å². The molecule has 0 spiro atoms. The molecule has 0 aliphatic heterocycles. The monoisotopic (exact) mass is 336 g/mol. The van der Waals surface area contributed by atoms with E-state index in [4.69, 9.17) is 5.73 Å². The first-order valence-corrected chi connectivity index (χ1v) is 7.60. The molecule has 6 heteroatoms. The van der Waals surface area contributed by atoms with Crippen LogP contribution in [0.1, 0.15) is 29.2 Å². The quantitative estimate of drug-likeness (QED) is 0.849. The summed E-state index contributed by atoms with van der Waals surface area (Å²) in [4.78, 5) is 11.9. The smallest absolute Gasteiger partial charge is 0.356 e. The summed E-state index contributed by atoms with van der Waals surface area (Å²) in [5.74, 6) is -0.282. The summed E-state index contributed by atoms with van der Waals surface area (Å²) < 4.78 is 38.7. The van der Waals surface area contributed by atoms with Crippen LogP contribution in [0.25, 0.3) is 0 Å². The first-order valence-electron chi connectivity index (χ1n) is 7.60. The van der Waals surface area contributed by atoms with Crippen LogP contribution in [0.5, 0.6) is 0 Å². The van der Waals surface area contributed by atoms with E-state index in [0.717, 1.165) is 11.6 Å². The Morgan fingerprint density at radius 2 is 1.67 bits per heavy atom. The van der Waals surface area contributed by atoms with E-state index in [0.29, 0.717) is 0 Å². The molecular weight excluding hydrogens is 317 g/mol. The zero-order chi connectivity index (χ0) is 17.6. The number of hydrogen-bond donors (Lipinski definition) is 2. The molecule has 0 unspecified atom stereocenters. The highest BCUT2D eigenvalue weighted by Gasteiger charge is 2.32. The largest absolute Gasteiger partial charge is 0.416 e. The molecule has 0 aliphatic carbocycles. The van der Waals surface area contributed by atoms with Crippen LogP contribution in [0, 0.1) is 0 Å². The molecule has 0 radical (unpaired) electrons. The maximum Gasteiger partial charge on any atom is 0.416 e. The Morgan fingerprint density at radius 3 is 2.33 bits per heavy atom. The molecule has 2 aromatic rings. The fraction of sp³-hybridized carbons (Fsp3) is 0.278. The molecule has 2 rings (SSSR count). The van der Waals surface area contributed by atoms with E-state index in [-0.39, 0.29) is 30.9 Å². The lowest BCUT2D eigenvalue weighted by Gasteiger charge is -2.14. The van der Waals surface area contributed by atoms with Gasteiger partial charge in [0.15, 0.2) is 0 Å². The van der Waals surface area contributed by atoms with E-state index in [9.17, 15) is 18.0 Å². The van der Waals surface area contributed by atoms with Gasteiger partial charge in [-0.3, -0.25) is 4.79 Å². The van der Waals surface area contributed by atoms with E-state index in [1.807, 2.05) is 30.3 Å². The van der Waals surface area contributed by atoms with Crippen molar-refractivity contribution in [3.05, 3.63) is 71.3 Å². The molecule has 1 atom stereocenters. The van der Waals surface area contributed by atoms with Crippen molar-refractivity contribution in [3.63, 3.8) is 0 Å². The van der Waals surface area contributed by atoms with Crippen LogP contribution in [0.4, 0.5) is 13.2 Å². The molecule has 0 aromatic heterocycles. The molecule has 128 valence electrons. The zero-order valence-electron chi connectivity index (χ0n) is 13.0. The average molecular weight is 336 g/mol. The summed E-state index contributed by atoms with van der Waals surface area (Å²) >= 11 is 0. The minimum atomic E-state index is -4.39. The van der Waals surface area contributed by atoms with Gasteiger partial charge in [-0.25, -0.2) is 0 Å². The second-order valence-electron chi connectivity index (χ2n) is 5.48. The fourth-order valence-corrected chi connectivity index (χ4v) is 2.44. The first kappa shape index (κ1) is 18.0. The highest BCUT2D eigenvalue weighted by atomic mass is 19.4. The van der Waals surface area contributed by atoms with E-state index in [1.165, 1.54) is 12.1 Å². The van der Waals surface area contributed by atoms with Gasteiger partial charge in [0.25, 0.3) is 0 Å². The Bertz CT molecular complexity index is 671. The van der Waals surface area contributed by atoms with Crippen molar-refractivity contribution in [3.8, 4) is 0 Å². The molecule has 3 nitrogen and oxygen atoms in total. The molecule has 3 N–H and O–H groups in total. The van der Waals surface area contributed by atoms with Crippen molar-refractivity contribution in [2.75, 3.05) is 6.54 Å². The number of amides is 1. The average Bonchev–Trinajstić information content (AvgIpc) is 2.55. The molecule has 0 saturated heterocycles. The topological polar surface area (TPSA) is 55.1 Å². The van der Waals surface area contributed by atoms with Crippen LogP contribution in [-0.4, -0.2) is 12.5 Å². The molecule has 0 fully saturated rings. The lowest BCUT2D eigenvalue weighted by Crippen LogP contribution is -2.29. The molecule has 2 aromatic carbocycles. The van der Waals surface area contributed by atoms with Crippen LogP contribution >= 0.6 is 0 Å². The number of nitrogens with one attached hydrogen (secondary N) is 1. The van der Waals surface area contributed by atoms with Crippen molar-refractivity contribution in [1.29, 1.82) is 0 Å². The third-order valence-corrected chi connectivity index (χ3v) is 3.67. The van der Waals surface area contributed by atoms with Crippen LogP contribution < -0.4 is 11.1 Å². The molecule has 24 heavy (non-hydrogen) atoms. The summed E-state index contributed by atoms with van der Waals surface area (Å²) in [6.45, 7) is 0.132. The third-order valence-electron chi connectivity index (χ3n) is 3.67. The Balaban J connectivity index is 1.85. The predicted molar refractivity (Wildman–Crippen MR) is 86.1 cm³/mol. The van der Waals surface area contributed by atoms with Gasteiger partial charge < -0.3 is 11.1 Å². The zero-order valence-corrected chi connectivity index (χ0v) is 13.0. The van der Waals surface area contributed by atoms with Crippen molar-refractivity contribution in [2.24, 2.45) is 5.73 Å². The number of benzene rings is 2. The third kappa shape index (κ3) is 5.09. The number of carbonyl (C=O) groups is 1. The standard InChI is InChI=1S/C18H19F3N2O/c19-18(20,21)15-9-5-4-6-13(15)10-11-23-17(24)12-16(22)14-7-2-1-3-8-14/h1-9,16H,10-12,22H2,(H,23,24)/t16-/m0/s1. The predicted octanol–water partition coefficient (Wildman–Crippen LogP) is 3.45. The Hall–Kier alpha value is -2.34. The van der Waals surface area contributed by atoms with Crippen LogP contribution in [0.15, 0.2) is 54.6 Å². The van der Waals surface area contributed by atoms with E-state index < -0.39 is 17.8 Å². The first-order chi connectivity index (χ1) is 11.4. The van der Waals surface area contributed by atoms with Gasteiger partial charge in [0, 0.05) is 19.0 Å². The SMILES string of the molecule is N[C@@H](CC(=O)NCCc1ccccc1C(F)(F)F)c1ccccc1. The van der Waals surface area contributed by atoms with Crippen molar-refractivity contribution in [1.82, 2.24) is 5.32 Å². The molecule has 0 aliphatic rings. The normalized spacial score (nSPS) is 12.7. The highest BCUT2D eigenvalue weighted by Crippen LogP contribution is 2.31. The van der Waals surface area contributed by atoms with E-state index >= 15 is 0 Å². The Kier molecular flexibility index (Phi) is 5.98. The highest BCUT2D eigenvalue weighted by molar-refractivity contribution is 5.76. The van der Waals surface area contributed by atoms with E-state index in [1.54, 1.807) is 6.07 Å². The summed E-state index contributed by atoms with van der Waals surface area (Å²) in [7, 11) is 0. The Morgan fingerprint density at radius 1 is 1.04 bits per heavy atom. The van der Waals surface area contributed by atoms with Crippen LogP contribution in [-0.2, 0) is 17.4 Å². The summed E-state index contributed by atoms with van der Waals surface area (Å²) in [5, 5.41) is 2.62. The second kappa shape index (κ2) is 7.97. The molecular formula is C18H19F3N2O. The van der Waals surface area contributed by atoms with E-state index in [2.05, 4.69) is 5.32 Å². The molecule has 0 saturated carbocycles. The minimum absolute atomic E-state index is 0.0882. The summed E-state index contributed by atoms with van der Waals surface area (Å²) in [6.07, 6.45) is -4.19. The van der Waals surface area contributed by atoms with Crippen LogP contribution in [0.2, 0.25) is 0 Å². The summed E-state index contributed by atoms with van der Waals surface area (Å²) in [5.41, 5.74) is 6.29. The number of hydrogen-bond acceptors (Lipinski definition) is 2. The van der Waals surface area contributed by atoms with Crippen LogP contribution in [0.3, 0.4) is 0 Å². The van der Waals surface area contributed by atoms with Gasteiger partial charge in [0.1, 0.15) is 0 Å². The number of rotatable bonds is 6. The van der Waals surface area contributed by atoms with Gasteiger partial charge in [0.2, 0.25) is 5.91 Å². The van der Waals surface area contributed by atoms with Gasteiger partial charge in [-0.1, -0.05) is 48.5 Å². The van der Waals surface area contributed by atoms with Gasteiger partial charge in [-0.05, 0) is 23.6 Å². The number of halogens is 3. The lowest BCUT2D eigenvalue weighted by molar-refractivity contribution is -0.138. The van der Waals surface area contributed by atoms with Crippen molar-refractivity contribution >= 4 is 5.91 Å². The number of carbonyl (C=O) groups excluding carboxylic acids is 1. The lowest BCUT2D eigenvalue weighted by atomic mass is 10.0.